The second kappa shape index (κ2) is 5.67. The zero-order chi connectivity index (χ0) is 13.9. The summed E-state index contributed by atoms with van der Waals surface area (Å²) in [5.74, 6) is 2.22. The topological polar surface area (TPSA) is 60.0 Å². The van der Waals surface area contributed by atoms with E-state index in [1.807, 2.05) is 19.2 Å². The van der Waals surface area contributed by atoms with E-state index in [1.165, 1.54) is 0 Å². The van der Waals surface area contributed by atoms with Gasteiger partial charge in [-0.05, 0) is 27.0 Å². The van der Waals surface area contributed by atoms with Gasteiger partial charge < -0.3 is 24.6 Å². The molecule has 0 aromatic heterocycles. The average molecular weight is 267 g/mol. The molecule has 1 aromatic rings. The zero-order valence-electron chi connectivity index (χ0n) is 11.7. The van der Waals surface area contributed by atoms with Crippen molar-refractivity contribution in [3.63, 3.8) is 0 Å². The molecule has 106 valence electrons. The Bertz CT molecular complexity index is 440. The van der Waals surface area contributed by atoms with Crippen molar-refractivity contribution in [2.75, 3.05) is 20.4 Å². The first kappa shape index (κ1) is 14.0. The maximum absolute atomic E-state index is 9.69. The van der Waals surface area contributed by atoms with Crippen molar-refractivity contribution >= 4 is 0 Å². The predicted octanol–water partition coefficient (Wildman–Crippen LogP) is 1.67. The van der Waals surface area contributed by atoms with Gasteiger partial charge in [0.15, 0.2) is 11.5 Å². The Morgan fingerprint density at radius 2 is 2.00 bits per heavy atom. The fourth-order valence-corrected chi connectivity index (χ4v) is 1.84. The Balaban J connectivity index is 2.09. The van der Waals surface area contributed by atoms with Crippen molar-refractivity contribution in [2.24, 2.45) is 0 Å². The first-order valence-corrected chi connectivity index (χ1v) is 6.42. The number of ether oxygens (including phenoxy) is 3. The van der Waals surface area contributed by atoms with Crippen LogP contribution in [-0.4, -0.2) is 31.2 Å². The first-order chi connectivity index (χ1) is 8.99. The van der Waals surface area contributed by atoms with E-state index >= 15 is 0 Å². The summed E-state index contributed by atoms with van der Waals surface area (Å²) in [5, 5.41) is 12.8. The fraction of sp³-hybridized carbons (Fsp3) is 0.571. The van der Waals surface area contributed by atoms with Gasteiger partial charge in [-0.2, -0.15) is 0 Å². The van der Waals surface area contributed by atoms with Crippen molar-refractivity contribution in [3.05, 3.63) is 17.7 Å². The molecule has 0 unspecified atom stereocenters. The van der Waals surface area contributed by atoms with Crippen LogP contribution >= 0.6 is 0 Å². The van der Waals surface area contributed by atoms with Crippen LogP contribution in [0.2, 0.25) is 0 Å². The number of fused-ring (bicyclic) bond motifs is 1. The molecule has 0 saturated carbocycles. The van der Waals surface area contributed by atoms with Gasteiger partial charge >= 0.3 is 0 Å². The zero-order valence-corrected chi connectivity index (χ0v) is 11.7. The minimum absolute atomic E-state index is 0.251. The van der Waals surface area contributed by atoms with E-state index in [0.29, 0.717) is 25.3 Å². The number of hydrogen-bond acceptors (Lipinski definition) is 5. The molecule has 2 N–H and O–H groups in total. The highest BCUT2D eigenvalue weighted by molar-refractivity contribution is 5.51. The molecule has 0 amide bonds. The van der Waals surface area contributed by atoms with Crippen molar-refractivity contribution < 1.29 is 19.3 Å². The average Bonchev–Trinajstić information content (AvgIpc) is 2.75. The van der Waals surface area contributed by atoms with Crippen LogP contribution in [0.1, 0.15) is 25.8 Å². The number of aliphatic hydroxyl groups is 1. The van der Waals surface area contributed by atoms with Crippen molar-refractivity contribution in [1.29, 1.82) is 0 Å². The van der Waals surface area contributed by atoms with Crippen LogP contribution in [0.5, 0.6) is 17.2 Å². The standard InChI is InChI=1S/C14H21NO4/c1-14(2,16)4-5-17-11-7-13-12(18-9-19-13)6-10(11)8-15-3/h6-7,15-16H,4-5,8-9H2,1-3H3. The molecule has 19 heavy (non-hydrogen) atoms. The number of nitrogens with one attached hydrogen (secondary N) is 1. The largest absolute Gasteiger partial charge is 0.493 e. The Hall–Kier alpha value is -1.46. The lowest BCUT2D eigenvalue weighted by atomic mass is 10.1. The second-order valence-corrected chi connectivity index (χ2v) is 5.25. The fourth-order valence-electron chi connectivity index (χ4n) is 1.84. The van der Waals surface area contributed by atoms with Crippen LogP contribution in [0.4, 0.5) is 0 Å². The predicted molar refractivity (Wildman–Crippen MR) is 71.7 cm³/mol. The second-order valence-electron chi connectivity index (χ2n) is 5.25. The number of rotatable bonds is 6. The molecule has 0 spiro atoms. The third-order valence-corrected chi connectivity index (χ3v) is 2.89. The van der Waals surface area contributed by atoms with Gasteiger partial charge in [-0.1, -0.05) is 0 Å². The van der Waals surface area contributed by atoms with E-state index < -0.39 is 5.60 Å². The van der Waals surface area contributed by atoms with Crippen LogP contribution in [0, 0.1) is 0 Å². The summed E-state index contributed by atoms with van der Waals surface area (Å²) in [5.41, 5.74) is 0.293. The van der Waals surface area contributed by atoms with Crippen LogP contribution in [0.3, 0.4) is 0 Å². The molecule has 5 nitrogen and oxygen atoms in total. The van der Waals surface area contributed by atoms with E-state index in [9.17, 15) is 5.11 Å². The molecule has 0 atom stereocenters. The Morgan fingerprint density at radius 1 is 1.32 bits per heavy atom. The quantitative estimate of drug-likeness (QED) is 0.821. The smallest absolute Gasteiger partial charge is 0.231 e. The molecule has 0 fully saturated rings. The van der Waals surface area contributed by atoms with Gasteiger partial charge in [-0.25, -0.2) is 0 Å². The van der Waals surface area contributed by atoms with Gasteiger partial charge in [0.1, 0.15) is 5.75 Å². The summed E-state index contributed by atoms with van der Waals surface area (Å²) in [7, 11) is 1.88. The van der Waals surface area contributed by atoms with Gasteiger partial charge in [-0.3, -0.25) is 0 Å². The molecule has 1 aliphatic rings. The minimum atomic E-state index is -0.723. The van der Waals surface area contributed by atoms with Gasteiger partial charge in [-0.15, -0.1) is 0 Å². The van der Waals surface area contributed by atoms with E-state index in [1.54, 1.807) is 13.8 Å². The van der Waals surface area contributed by atoms with Crippen molar-refractivity contribution in [3.8, 4) is 17.2 Å². The molecular formula is C14H21NO4. The van der Waals surface area contributed by atoms with E-state index in [0.717, 1.165) is 17.1 Å². The summed E-state index contributed by atoms with van der Waals surface area (Å²) in [6, 6.07) is 3.78. The van der Waals surface area contributed by atoms with Gasteiger partial charge in [0.05, 0.1) is 12.2 Å². The van der Waals surface area contributed by atoms with E-state index in [-0.39, 0.29) is 6.79 Å². The van der Waals surface area contributed by atoms with E-state index in [2.05, 4.69) is 5.32 Å². The lowest BCUT2D eigenvalue weighted by molar-refractivity contribution is 0.0552. The van der Waals surface area contributed by atoms with Crippen molar-refractivity contribution in [2.45, 2.75) is 32.4 Å². The van der Waals surface area contributed by atoms with Crippen LogP contribution in [0.25, 0.3) is 0 Å². The molecule has 1 aromatic carbocycles. The lowest BCUT2D eigenvalue weighted by Gasteiger charge is -2.18. The number of hydrogen-bond donors (Lipinski definition) is 2. The molecule has 0 saturated heterocycles. The van der Waals surface area contributed by atoms with Crippen LogP contribution in [-0.2, 0) is 6.54 Å². The summed E-state index contributed by atoms with van der Waals surface area (Å²) >= 11 is 0. The van der Waals surface area contributed by atoms with Crippen LogP contribution in [0.15, 0.2) is 12.1 Å². The molecule has 0 bridgehead atoms. The number of benzene rings is 1. The van der Waals surface area contributed by atoms with Crippen LogP contribution < -0.4 is 19.5 Å². The lowest BCUT2D eigenvalue weighted by Crippen LogP contribution is -2.22. The van der Waals surface area contributed by atoms with Gasteiger partial charge in [0.2, 0.25) is 6.79 Å². The highest BCUT2D eigenvalue weighted by Crippen LogP contribution is 2.38. The molecule has 2 rings (SSSR count). The molecule has 5 heteroatoms. The molecule has 0 radical (unpaired) electrons. The molecule has 0 aliphatic carbocycles. The third-order valence-electron chi connectivity index (χ3n) is 2.89. The monoisotopic (exact) mass is 267 g/mol. The SMILES string of the molecule is CNCc1cc2c(cc1OCCC(C)(C)O)OCO2. The summed E-state index contributed by atoms with van der Waals surface area (Å²) in [6.07, 6.45) is 0.570. The Kier molecular flexibility index (Phi) is 4.17. The first-order valence-electron chi connectivity index (χ1n) is 6.42. The molecule has 1 heterocycles. The normalized spacial score (nSPS) is 13.7. The van der Waals surface area contributed by atoms with Gasteiger partial charge in [0, 0.05) is 24.6 Å². The maximum atomic E-state index is 9.69. The third kappa shape index (κ3) is 3.75. The van der Waals surface area contributed by atoms with Gasteiger partial charge in [0.25, 0.3) is 0 Å². The molecule has 1 aliphatic heterocycles. The Labute approximate surface area is 113 Å². The molecular weight excluding hydrogens is 246 g/mol. The summed E-state index contributed by atoms with van der Waals surface area (Å²) < 4.78 is 16.5. The Morgan fingerprint density at radius 3 is 2.63 bits per heavy atom. The minimum Gasteiger partial charge on any atom is -0.493 e. The van der Waals surface area contributed by atoms with Crippen molar-refractivity contribution in [1.82, 2.24) is 5.32 Å². The maximum Gasteiger partial charge on any atom is 0.231 e. The summed E-state index contributed by atoms with van der Waals surface area (Å²) in [6.45, 7) is 4.94. The summed E-state index contributed by atoms with van der Waals surface area (Å²) in [4.78, 5) is 0. The highest BCUT2D eigenvalue weighted by Gasteiger charge is 2.18. The van der Waals surface area contributed by atoms with E-state index in [4.69, 9.17) is 14.2 Å². The highest BCUT2D eigenvalue weighted by atomic mass is 16.7.